The molecule has 0 amide bonds. The number of fused-ring (bicyclic) bond motifs is 1. The van der Waals surface area contributed by atoms with E-state index in [-0.39, 0.29) is 0 Å². The average molecular weight is 231 g/mol. The Morgan fingerprint density at radius 3 is 2.82 bits per heavy atom. The molecule has 17 heavy (non-hydrogen) atoms. The summed E-state index contributed by atoms with van der Waals surface area (Å²) in [4.78, 5) is 14.6. The van der Waals surface area contributed by atoms with Crippen molar-refractivity contribution in [2.75, 3.05) is 7.11 Å². The molecule has 5 nitrogen and oxygen atoms in total. The molecule has 0 fully saturated rings. The standard InChI is InChI=1S/C12H13N3O2/c1-17-11(16)12(14-15-13)7-6-9-4-2-3-5-10(9)8-12/h2-5H,6-8H2,1H3/t12-/m0/s1. The Labute approximate surface area is 99.0 Å². The SMILES string of the molecule is COC(=O)[C@]1(N=[N+]=[N-])CCc2ccccc2C1. The molecule has 0 N–H and O–H groups in total. The predicted molar refractivity (Wildman–Crippen MR) is 62.4 cm³/mol. The fourth-order valence-corrected chi connectivity index (χ4v) is 2.29. The lowest BCUT2D eigenvalue weighted by Gasteiger charge is -2.31. The number of hydrogen-bond donors (Lipinski definition) is 0. The quantitative estimate of drug-likeness (QED) is 0.339. The predicted octanol–water partition coefficient (Wildman–Crippen LogP) is 2.40. The van der Waals surface area contributed by atoms with Crippen LogP contribution in [0.4, 0.5) is 0 Å². The molecule has 1 aromatic carbocycles. The molecule has 0 saturated heterocycles. The minimum Gasteiger partial charge on any atom is -0.468 e. The summed E-state index contributed by atoms with van der Waals surface area (Å²) in [6.45, 7) is 0. The highest BCUT2D eigenvalue weighted by molar-refractivity contribution is 5.82. The van der Waals surface area contributed by atoms with Crippen molar-refractivity contribution in [3.63, 3.8) is 0 Å². The molecule has 2 rings (SSSR count). The number of azide groups is 1. The molecule has 0 bridgehead atoms. The lowest BCUT2D eigenvalue weighted by atomic mass is 9.78. The van der Waals surface area contributed by atoms with Crippen molar-refractivity contribution in [2.24, 2.45) is 5.11 Å². The van der Waals surface area contributed by atoms with Crippen LogP contribution in [-0.2, 0) is 22.4 Å². The Balaban J connectivity index is 2.40. The van der Waals surface area contributed by atoms with Crippen LogP contribution in [0.3, 0.4) is 0 Å². The van der Waals surface area contributed by atoms with E-state index in [0.29, 0.717) is 12.8 Å². The third kappa shape index (κ3) is 1.97. The van der Waals surface area contributed by atoms with Crippen LogP contribution in [0.25, 0.3) is 10.4 Å². The summed E-state index contributed by atoms with van der Waals surface area (Å²) in [7, 11) is 1.32. The minimum atomic E-state index is -1.07. The highest BCUT2D eigenvalue weighted by atomic mass is 16.5. The van der Waals surface area contributed by atoms with Gasteiger partial charge in [0, 0.05) is 4.91 Å². The molecule has 0 heterocycles. The van der Waals surface area contributed by atoms with E-state index in [1.54, 1.807) is 0 Å². The van der Waals surface area contributed by atoms with Gasteiger partial charge in [-0.1, -0.05) is 29.4 Å². The van der Waals surface area contributed by atoms with E-state index in [9.17, 15) is 4.79 Å². The van der Waals surface area contributed by atoms with Crippen LogP contribution in [0, 0.1) is 0 Å². The highest BCUT2D eigenvalue weighted by Crippen LogP contribution is 2.32. The van der Waals surface area contributed by atoms with Crippen LogP contribution in [-0.4, -0.2) is 18.6 Å². The van der Waals surface area contributed by atoms with Crippen molar-refractivity contribution in [2.45, 2.75) is 24.8 Å². The topological polar surface area (TPSA) is 75.1 Å². The fraction of sp³-hybridized carbons (Fsp3) is 0.417. The molecule has 0 spiro atoms. The number of nitrogens with zero attached hydrogens (tertiary/aromatic N) is 3. The second kappa shape index (κ2) is 4.47. The molecule has 5 heteroatoms. The van der Waals surface area contributed by atoms with Gasteiger partial charge >= 0.3 is 5.97 Å². The van der Waals surface area contributed by atoms with E-state index in [4.69, 9.17) is 10.3 Å². The Hall–Kier alpha value is -2.00. The van der Waals surface area contributed by atoms with Crippen LogP contribution in [0.15, 0.2) is 29.4 Å². The van der Waals surface area contributed by atoms with Crippen molar-refractivity contribution < 1.29 is 9.53 Å². The van der Waals surface area contributed by atoms with Crippen LogP contribution in [0.2, 0.25) is 0 Å². The lowest BCUT2D eigenvalue weighted by Crippen LogP contribution is -2.42. The molecular weight excluding hydrogens is 218 g/mol. The Bertz CT molecular complexity index is 494. The summed E-state index contributed by atoms with van der Waals surface area (Å²) in [6.07, 6.45) is 1.64. The summed E-state index contributed by atoms with van der Waals surface area (Å²) in [5.41, 5.74) is 9.82. The number of esters is 1. The van der Waals surface area contributed by atoms with Gasteiger partial charge in [0.15, 0.2) is 5.54 Å². The average Bonchev–Trinajstić information content (AvgIpc) is 2.38. The first-order valence-electron chi connectivity index (χ1n) is 5.43. The van der Waals surface area contributed by atoms with Crippen LogP contribution >= 0.6 is 0 Å². The number of methoxy groups -OCH3 is 1. The van der Waals surface area contributed by atoms with Crippen LogP contribution in [0.1, 0.15) is 17.5 Å². The lowest BCUT2D eigenvalue weighted by molar-refractivity contribution is -0.147. The van der Waals surface area contributed by atoms with Gasteiger partial charge in [-0.15, -0.1) is 0 Å². The number of carbonyl (C=O) groups is 1. The van der Waals surface area contributed by atoms with E-state index in [0.717, 1.165) is 12.0 Å². The zero-order chi connectivity index (χ0) is 12.3. The van der Waals surface area contributed by atoms with Gasteiger partial charge < -0.3 is 4.74 Å². The Morgan fingerprint density at radius 1 is 1.47 bits per heavy atom. The second-order valence-electron chi connectivity index (χ2n) is 4.16. The number of aryl methyl sites for hydroxylation is 1. The molecule has 0 aliphatic heterocycles. The van der Waals surface area contributed by atoms with Crippen molar-refractivity contribution in [1.29, 1.82) is 0 Å². The monoisotopic (exact) mass is 231 g/mol. The largest absolute Gasteiger partial charge is 0.468 e. The van der Waals surface area contributed by atoms with Gasteiger partial charge in [0.05, 0.1) is 7.11 Å². The van der Waals surface area contributed by atoms with Crippen molar-refractivity contribution in [3.05, 3.63) is 45.8 Å². The first-order chi connectivity index (χ1) is 8.22. The summed E-state index contributed by atoms with van der Waals surface area (Å²) in [5, 5.41) is 3.69. The smallest absolute Gasteiger partial charge is 0.318 e. The maximum atomic E-state index is 11.8. The number of carbonyl (C=O) groups excluding carboxylic acids is 1. The van der Waals surface area contributed by atoms with Crippen LogP contribution < -0.4 is 0 Å². The fourth-order valence-electron chi connectivity index (χ4n) is 2.29. The van der Waals surface area contributed by atoms with Gasteiger partial charge in [-0.25, -0.2) is 0 Å². The molecule has 1 atom stereocenters. The normalized spacial score (nSPS) is 22.2. The molecule has 0 aromatic heterocycles. The summed E-state index contributed by atoms with van der Waals surface area (Å²) in [6, 6.07) is 7.88. The number of rotatable bonds is 2. The first-order valence-corrected chi connectivity index (χ1v) is 5.43. The molecule has 0 unspecified atom stereocenters. The van der Waals surface area contributed by atoms with Crippen molar-refractivity contribution in [3.8, 4) is 0 Å². The zero-order valence-electron chi connectivity index (χ0n) is 9.59. The maximum Gasteiger partial charge on any atom is 0.318 e. The van der Waals surface area contributed by atoms with Gasteiger partial charge in [-0.2, -0.15) is 0 Å². The second-order valence-corrected chi connectivity index (χ2v) is 4.16. The third-order valence-corrected chi connectivity index (χ3v) is 3.21. The van der Waals surface area contributed by atoms with Crippen molar-refractivity contribution in [1.82, 2.24) is 0 Å². The zero-order valence-corrected chi connectivity index (χ0v) is 9.59. The van der Waals surface area contributed by atoms with Gasteiger partial charge in [-0.3, -0.25) is 4.79 Å². The summed E-state index contributed by atoms with van der Waals surface area (Å²) >= 11 is 0. The highest BCUT2D eigenvalue weighted by Gasteiger charge is 2.41. The van der Waals surface area contributed by atoms with Crippen LogP contribution in [0.5, 0.6) is 0 Å². The van der Waals surface area contributed by atoms with E-state index < -0.39 is 11.5 Å². The third-order valence-electron chi connectivity index (χ3n) is 3.21. The van der Waals surface area contributed by atoms with E-state index in [1.165, 1.54) is 12.7 Å². The minimum absolute atomic E-state index is 0.417. The summed E-state index contributed by atoms with van der Waals surface area (Å²) < 4.78 is 4.76. The molecule has 1 aromatic rings. The van der Waals surface area contributed by atoms with E-state index in [1.807, 2.05) is 24.3 Å². The molecule has 88 valence electrons. The molecule has 1 aliphatic rings. The summed E-state index contributed by atoms with van der Waals surface area (Å²) in [5.74, 6) is -0.454. The Kier molecular flexibility index (Phi) is 3.02. The molecular formula is C12H13N3O2. The van der Waals surface area contributed by atoms with Gasteiger partial charge in [-0.05, 0) is 35.9 Å². The molecule has 1 aliphatic carbocycles. The van der Waals surface area contributed by atoms with E-state index in [2.05, 4.69) is 10.0 Å². The molecule has 0 radical (unpaired) electrons. The molecule has 0 saturated carbocycles. The Morgan fingerprint density at radius 2 is 2.18 bits per heavy atom. The number of ether oxygens (including phenoxy) is 1. The van der Waals surface area contributed by atoms with Crippen molar-refractivity contribution >= 4 is 5.97 Å². The number of benzene rings is 1. The van der Waals surface area contributed by atoms with Gasteiger partial charge in [0.25, 0.3) is 0 Å². The first kappa shape index (κ1) is 11.5. The maximum absolute atomic E-state index is 11.8. The van der Waals surface area contributed by atoms with Gasteiger partial charge in [0.1, 0.15) is 0 Å². The number of hydrogen-bond acceptors (Lipinski definition) is 3. The van der Waals surface area contributed by atoms with E-state index >= 15 is 0 Å². The van der Waals surface area contributed by atoms with Gasteiger partial charge in [0.2, 0.25) is 0 Å².